The Morgan fingerprint density at radius 2 is 1.70 bits per heavy atom. The maximum absolute atomic E-state index is 13.3. The normalized spacial score (nSPS) is 11.7. The van der Waals surface area contributed by atoms with Gasteiger partial charge in [-0.3, -0.25) is 5.32 Å². The third-order valence-electron chi connectivity index (χ3n) is 3.81. The number of aromatic nitrogens is 4. The van der Waals surface area contributed by atoms with Gasteiger partial charge in [0.25, 0.3) is 0 Å². The molecule has 0 saturated carbocycles. The van der Waals surface area contributed by atoms with Crippen LogP contribution < -0.4 is 5.32 Å². The molecule has 9 heteroatoms. The van der Waals surface area contributed by atoms with Gasteiger partial charge in [0.15, 0.2) is 5.69 Å². The Morgan fingerprint density at radius 1 is 0.926 bits per heavy atom. The molecule has 0 fully saturated rings. The predicted molar refractivity (Wildman–Crippen MR) is 97.9 cm³/mol. The zero-order valence-electron chi connectivity index (χ0n) is 13.9. The van der Waals surface area contributed by atoms with Gasteiger partial charge in [0.1, 0.15) is 0 Å². The monoisotopic (exact) mass is 387 g/mol. The van der Waals surface area contributed by atoms with E-state index in [0.717, 1.165) is 11.5 Å². The first-order valence-corrected chi connectivity index (χ1v) is 8.79. The standard InChI is InChI=1S/C18H12F3N5S/c1-10-11-5-2-3-6-12(11)23-16(22-10)26-17-24-13(14-7-4-8-27-14)9-15(25-17)18(19,20)21/h2-9H,1H3,(H,22,23,24,25,26). The second-order valence-electron chi connectivity index (χ2n) is 5.71. The van der Waals surface area contributed by atoms with Crippen molar-refractivity contribution in [2.24, 2.45) is 0 Å². The number of aryl methyl sites for hydroxylation is 1. The molecule has 3 aromatic heterocycles. The first-order chi connectivity index (χ1) is 12.9. The van der Waals surface area contributed by atoms with Crippen molar-refractivity contribution in [3.8, 4) is 10.6 Å². The number of benzene rings is 1. The van der Waals surface area contributed by atoms with Crippen LogP contribution in [0.3, 0.4) is 0 Å². The number of anilines is 2. The van der Waals surface area contributed by atoms with Crippen LogP contribution in [0.25, 0.3) is 21.5 Å². The SMILES string of the molecule is Cc1nc(Nc2nc(-c3cccs3)cc(C(F)(F)F)n2)nc2ccccc12. The predicted octanol–water partition coefficient (Wildman–Crippen LogP) is 5.22. The van der Waals surface area contributed by atoms with E-state index < -0.39 is 11.9 Å². The molecule has 27 heavy (non-hydrogen) atoms. The van der Waals surface area contributed by atoms with Gasteiger partial charge in [-0.1, -0.05) is 24.3 Å². The molecule has 0 spiro atoms. The zero-order valence-corrected chi connectivity index (χ0v) is 14.8. The molecule has 4 aromatic rings. The van der Waals surface area contributed by atoms with Crippen molar-refractivity contribution in [3.05, 3.63) is 59.2 Å². The van der Waals surface area contributed by atoms with Gasteiger partial charge in [0.05, 0.1) is 21.8 Å². The quantitative estimate of drug-likeness (QED) is 0.522. The van der Waals surface area contributed by atoms with Gasteiger partial charge in [-0.05, 0) is 30.5 Å². The lowest BCUT2D eigenvalue weighted by atomic mass is 10.2. The number of nitrogens with one attached hydrogen (secondary N) is 1. The van der Waals surface area contributed by atoms with Gasteiger partial charge in [-0.15, -0.1) is 11.3 Å². The van der Waals surface area contributed by atoms with Crippen LogP contribution in [0.1, 0.15) is 11.4 Å². The fourth-order valence-corrected chi connectivity index (χ4v) is 3.28. The van der Waals surface area contributed by atoms with Crippen molar-refractivity contribution >= 4 is 34.1 Å². The molecular formula is C18H12F3N5S. The first-order valence-electron chi connectivity index (χ1n) is 7.91. The summed E-state index contributed by atoms with van der Waals surface area (Å²) in [5.74, 6) is -0.0643. The Hall–Kier alpha value is -3.07. The van der Waals surface area contributed by atoms with Crippen LogP contribution in [0.4, 0.5) is 25.1 Å². The van der Waals surface area contributed by atoms with Crippen molar-refractivity contribution in [3.63, 3.8) is 0 Å². The summed E-state index contributed by atoms with van der Waals surface area (Å²) in [4.78, 5) is 17.0. The first kappa shape index (κ1) is 17.3. The molecule has 136 valence electrons. The van der Waals surface area contributed by atoms with Crippen molar-refractivity contribution in [2.75, 3.05) is 5.32 Å². The van der Waals surface area contributed by atoms with Crippen molar-refractivity contribution in [2.45, 2.75) is 13.1 Å². The number of fused-ring (bicyclic) bond motifs is 1. The van der Waals surface area contributed by atoms with E-state index in [2.05, 4.69) is 25.3 Å². The number of hydrogen-bond donors (Lipinski definition) is 1. The van der Waals surface area contributed by atoms with Crippen LogP contribution in [0.15, 0.2) is 47.8 Å². The van der Waals surface area contributed by atoms with Crippen LogP contribution in [0, 0.1) is 6.92 Å². The van der Waals surface area contributed by atoms with E-state index in [9.17, 15) is 13.2 Å². The number of hydrogen-bond acceptors (Lipinski definition) is 6. The van der Waals surface area contributed by atoms with Crippen LogP contribution in [-0.4, -0.2) is 19.9 Å². The van der Waals surface area contributed by atoms with Crippen molar-refractivity contribution < 1.29 is 13.2 Å². The molecular weight excluding hydrogens is 375 g/mol. The lowest BCUT2D eigenvalue weighted by molar-refractivity contribution is -0.141. The molecule has 1 aromatic carbocycles. The Morgan fingerprint density at radius 3 is 2.44 bits per heavy atom. The molecule has 0 bridgehead atoms. The van der Waals surface area contributed by atoms with Gasteiger partial charge >= 0.3 is 6.18 Å². The molecule has 0 atom stereocenters. The summed E-state index contributed by atoms with van der Waals surface area (Å²) >= 11 is 1.30. The molecule has 5 nitrogen and oxygen atoms in total. The minimum Gasteiger partial charge on any atom is -0.293 e. The Bertz CT molecular complexity index is 1110. The number of rotatable bonds is 3. The summed E-state index contributed by atoms with van der Waals surface area (Å²) < 4.78 is 39.8. The Balaban J connectivity index is 1.78. The average Bonchev–Trinajstić information content (AvgIpc) is 3.15. The fourth-order valence-electron chi connectivity index (χ4n) is 2.59. The summed E-state index contributed by atoms with van der Waals surface area (Å²) in [7, 11) is 0. The minimum absolute atomic E-state index is 0.141. The molecule has 0 aliphatic heterocycles. The number of nitrogens with zero attached hydrogens (tertiary/aromatic N) is 4. The topological polar surface area (TPSA) is 63.6 Å². The zero-order chi connectivity index (χ0) is 19.0. The van der Waals surface area contributed by atoms with Gasteiger partial charge in [-0.2, -0.15) is 13.2 Å². The molecule has 3 heterocycles. The molecule has 0 aliphatic rings. The van der Waals surface area contributed by atoms with E-state index in [0.29, 0.717) is 16.1 Å². The third-order valence-corrected chi connectivity index (χ3v) is 4.70. The van der Waals surface area contributed by atoms with Crippen LogP contribution in [0.5, 0.6) is 0 Å². The summed E-state index contributed by atoms with van der Waals surface area (Å²) in [6.45, 7) is 1.80. The number of alkyl halides is 3. The van der Waals surface area contributed by atoms with E-state index in [-0.39, 0.29) is 17.6 Å². The molecule has 0 saturated heterocycles. The van der Waals surface area contributed by atoms with E-state index in [1.807, 2.05) is 18.2 Å². The van der Waals surface area contributed by atoms with Crippen LogP contribution in [-0.2, 0) is 6.18 Å². The van der Waals surface area contributed by atoms with Gasteiger partial charge in [0.2, 0.25) is 11.9 Å². The lowest BCUT2D eigenvalue weighted by Crippen LogP contribution is -2.12. The highest BCUT2D eigenvalue weighted by molar-refractivity contribution is 7.13. The second kappa shape index (κ2) is 6.58. The maximum Gasteiger partial charge on any atom is 0.433 e. The minimum atomic E-state index is -4.59. The number of para-hydroxylation sites is 1. The van der Waals surface area contributed by atoms with E-state index in [1.54, 1.807) is 30.5 Å². The third kappa shape index (κ3) is 3.59. The molecule has 1 N–H and O–H groups in total. The highest BCUT2D eigenvalue weighted by Crippen LogP contribution is 2.32. The smallest absolute Gasteiger partial charge is 0.293 e. The molecule has 0 aliphatic carbocycles. The van der Waals surface area contributed by atoms with Gasteiger partial charge < -0.3 is 0 Å². The van der Waals surface area contributed by atoms with E-state index in [1.165, 1.54) is 11.3 Å². The van der Waals surface area contributed by atoms with Crippen LogP contribution >= 0.6 is 11.3 Å². The number of thiophene rings is 1. The summed E-state index contributed by atoms with van der Waals surface area (Å²) in [5, 5.41) is 5.35. The lowest BCUT2D eigenvalue weighted by Gasteiger charge is -2.11. The number of halogens is 3. The van der Waals surface area contributed by atoms with Gasteiger partial charge in [-0.25, -0.2) is 19.9 Å². The Labute approximate surface area is 156 Å². The molecule has 0 radical (unpaired) electrons. The highest BCUT2D eigenvalue weighted by atomic mass is 32.1. The summed E-state index contributed by atoms with van der Waals surface area (Å²) in [5.41, 5.74) is 0.541. The summed E-state index contributed by atoms with van der Waals surface area (Å²) in [6.07, 6.45) is -4.59. The molecule has 4 rings (SSSR count). The largest absolute Gasteiger partial charge is 0.433 e. The maximum atomic E-state index is 13.3. The molecule has 0 unspecified atom stereocenters. The molecule has 0 amide bonds. The van der Waals surface area contributed by atoms with E-state index >= 15 is 0 Å². The van der Waals surface area contributed by atoms with Crippen LogP contribution in [0.2, 0.25) is 0 Å². The van der Waals surface area contributed by atoms with Gasteiger partial charge in [0, 0.05) is 5.39 Å². The van der Waals surface area contributed by atoms with Crippen molar-refractivity contribution in [1.82, 2.24) is 19.9 Å². The van der Waals surface area contributed by atoms with Crippen molar-refractivity contribution in [1.29, 1.82) is 0 Å². The van der Waals surface area contributed by atoms with E-state index in [4.69, 9.17) is 0 Å². The second-order valence-corrected chi connectivity index (χ2v) is 6.66. The fraction of sp³-hybridized carbons (Fsp3) is 0.111. The highest BCUT2D eigenvalue weighted by Gasteiger charge is 2.34. The summed E-state index contributed by atoms with van der Waals surface area (Å²) in [6, 6.07) is 11.8. The average molecular weight is 387 g/mol. The Kier molecular flexibility index (Phi) is 4.23.